The Hall–Kier alpha value is -3.41. The number of carbonyl (C=O) groups excluding carboxylic acids is 2. The van der Waals surface area contributed by atoms with Crippen LogP contribution in [0.4, 0.5) is 13.2 Å². The van der Waals surface area contributed by atoms with E-state index in [0.717, 1.165) is 5.56 Å². The lowest BCUT2D eigenvalue weighted by Crippen LogP contribution is -2.61. The average molecular weight is 588 g/mol. The maximum atomic E-state index is 13.7. The molecule has 0 radical (unpaired) electrons. The molecule has 232 valence electrons. The molecule has 0 unspecified atom stereocenters. The van der Waals surface area contributed by atoms with Crippen LogP contribution in [-0.4, -0.2) is 77.3 Å². The Morgan fingerprint density at radius 2 is 1.39 bits per heavy atom. The van der Waals surface area contributed by atoms with Crippen molar-refractivity contribution in [2.24, 2.45) is 11.3 Å². The van der Waals surface area contributed by atoms with Gasteiger partial charge in [-0.2, -0.15) is 13.2 Å². The first kappa shape index (κ1) is 37.6. The van der Waals surface area contributed by atoms with Gasteiger partial charge in [-0.25, -0.2) is 9.59 Å². The molecule has 0 saturated heterocycles. The molecule has 2 amide bonds. The smallest absolute Gasteiger partial charge is 0.478 e. The topological polar surface area (TPSA) is 136 Å². The van der Waals surface area contributed by atoms with E-state index in [9.17, 15) is 32.7 Å². The average Bonchev–Trinajstić information content (AvgIpc) is 2.84. The molecular formula is C29H44F3N3O6. The fraction of sp³-hybridized carbons (Fsp3) is 0.586. The Kier molecular flexibility index (Phi) is 13.8. The van der Waals surface area contributed by atoms with Crippen molar-refractivity contribution < 1.29 is 42.6 Å². The summed E-state index contributed by atoms with van der Waals surface area (Å²) in [7, 11) is 3.40. The van der Waals surface area contributed by atoms with Gasteiger partial charge in [-0.05, 0) is 30.9 Å². The summed E-state index contributed by atoms with van der Waals surface area (Å²) in [6, 6.07) is 7.99. The molecule has 3 atom stereocenters. The van der Waals surface area contributed by atoms with Crippen LogP contribution in [0.25, 0.3) is 0 Å². The van der Waals surface area contributed by atoms with E-state index in [1.54, 1.807) is 25.1 Å². The zero-order valence-electron chi connectivity index (χ0n) is 25.4. The first-order valence-corrected chi connectivity index (χ1v) is 13.0. The Morgan fingerprint density at radius 3 is 1.73 bits per heavy atom. The number of carboxylic acid groups (broad SMARTS) is 2. The van der Waals surface area contributed by atoms with Gasteiger partial charge >= 0.3 is 18.1 Å². The summed E-state index contributed by atoms with van der Waals surface area (Å²) in [5.41, 5.74) is 0.0895. The molecule has 0 saturated carbocycles. The molecule has 1 aromatic carbocycles. The highest BCUT2D eigenvalue weighted by Gasteiger charge is 2.41. The monoisotopic (exact) mass is 587 g/mol. The summed E-state index contributed by atoms with van der Waals surface area (Å²) in [4.78, 5) is 49.0. The van der Waals surface area contributed by atoms with E-state index >= 15 is 0 Å². The molecule has 0 aromatic heterocycles. The minimum atomic E-state index is -5.08. The first-order chi connectivity index (χ1) is 18.5. The highest BCUT2D eigenvalue weighted by molar-refractivity contribution is 5.91. The maximum absolute atomic E-state index is 13.7. The number of aliphatic carboxylic acids is 2. The number of nitrogens with one attached hydrogen (secondary N) is 2. The molecule has 41 heavy (non-hydrogen) atoms. The van der Waals surface area contributed by atoms with Gasteiger partial charge in [0.1, 0.15) is 6.04 Å². The molecule has 0 bridgehead atoms. The van der Waals surface area contributed by atoms with Gasteiger partial charge in [0.25, 0.3) is 0 Å². The van der Waals surface area contributed by atoms with Crippen molar-refractivity contribution in [3.63, 3.8) is 0 Å². The predicted molar refractivity (Wildman–Crippen MR) is 150 cm³/mol. The third-order valence-corrected chi connectivity index (χ3v) is 6.67. The largest absolute Gasteiger partial charge is 0.490 e. The first-order valence-electron chi connectivity index (χ1n) is 13.0. The summed E-state index contributed by atoms with van der Waals surface area (Å²) in [5, 5.41) is 22.6. The van der Waals surface area contributed by atoms with Crippen LogP contribution in [0.15, 0.2) is 42.0 Å². The quantitative estimate of drug-likeness (QED) is 0.301. The standard InChI is InChI=1S/C27H43N3O4.C2HF3O2/c1-17(2)20(16-18(3)25(33)34)30(10)24(32)22(26(4,5)6)29-23(31)21(28-9)27(7,8)19-14-12-11-13-15-19;3-2(4,5)1(6)7/h11-17,20-22,28H,1-10H3,(H,29,31)(H,33,34);(H,6,7)/t20-,21-,22-;/m1./s1. The van der Waals surface area contributed by atoms with Crippen molar-refractivity contribution in [3.05, 3.63) is 47.5 Å². The van der Waals surface area contributed by atoms with E-state index < -0.39 is 47.1 Å². The third-order valence-electron chi connectivity index (χ3n) is 6.67. The molecule has 0 aliphatic carbocycles. The molecule has 1 aromatic rings. The molecule has 0 aliphatic rings. The van der Waals surface area contributed by atoms with Gasteiger partial charge in [0.05, 0.1) is 12.1 Å². The number of nitrogens with zero attached hydrogens (tertiary/aromatic N) is 1. The van der Waals surface area contributed by atoms with E-state index in [4.69, 9.17) is 9.90 Å². The number of benzene rings is 1. The fourth-order valence-electron chi connectivity index (χ4n) is 4.16. The number of carboxylic acids is 2. The number of likely N-dealkylation sites (N-methyl/N-ethyl adjacent to an activating group) is 2. The molecule has 0 spiro atoms. The van der Waals surface area contributed by atoms with E-state index in [1.807, 2.05) is 78.8 Å². The van der Waals surface area contributed by atoms with Crippen LogP contribution in [0, 0.1) is 11.3 Å². The van der Waals surface area contributed by atoms with Crippen molar-refractivity contribution in [3.8, 4) is 0 Å². The highest BCUT2D eigenvalue weighted by Crippen LogP contribution is 2.29. The molecule has 0 heterocycles. The molecule has 1 rings (SSSR count). The second-order valence-corrected chi connectivity index (χ2v) is 11.8. The number of amides is 2. The van der Waals surface area contributed by atoms with E-state index in [2.05, 4.69) is 10.6 Å². The number of halogens is 3. The number of carbonyl (C=O) groups is 4. The molecule has 9 nitrogen and oxygen atoms in total. The summed E-state index contributed by atoms with van der Waals surface area (Å²) in [6.07, 6.45) is -3.48. The minimum absolute atomic E-state index is 0.0124. The molecular weight excluding hydrogens is 543 g/mol. The van der Waals surface area contributed by atoms with Gasteiger partial charge in [0, 0.05) is 18.0 Å². The summed E-state index contributed by atoms with van der Waals surface area (Å²) < 4.78 is 31.7. The summed E-state index contributed by atoms with van der Waals surface area (Å²) >= 11 is 0. The minimum Gasteiger partial charge on any atom is -0.478 e. The summed E-state index contributed by atoms with van der Waals surface area (Å²) in [6.45, 7) is 15.1. The second-order valence-electron chi connectivity index (χ2n) is 11.8. The zero-order chi connectivity index (χ0) is 32.5. The third kappa shape index (κ3) is 11.2. The Bertz CT molecular complexity index is 1080. The number of hydrogen-bond acceptors (Lipinski definition) is 5. The van der Waals surface area contributed by atoms with Gasteiger partial charge in [-0.15, -0.1) is 0 Å². The van der Waals surface area contributed by atoms with Crippen molar-refractivity contribution in [2.75, 3.05) is 14.1 Å². The lowest BCUT2D eigenvalue weighted by Gasteiger charge is -2.39. The van der Waals surface area contributed by atoms with Gasteiger partial charge in [-0.3, -0.25) is 9.59 Å². The van der Waals surface area contributed by atoms with Gasteiger partial charge in [0.15, 0.2) is 0 Å². The highest BCUT2D eigenvalue weighted by atomic mass is 19.4. The normalized spacial score (nSPS) is 14.7. The van der Waals surface area contributed by atoms with Gasteiger partial charge < -0.3 is 25.7 Å². The van der Waals surface area contributed by atoms with Gasteiger partial charge in [-0.1, -0.05) is 84.9 Å². The van der Waals surface area contributed by atoms with Crippen LogP contribution >= 0.6 is 0 Å². The zero-order valence-corrected chi connectivity index (χ0v) is 25.4. The van der Waals surface area contributed by atoms with Crippen molar-refractivity contribution in [1.29, 1.82) is 0 Å². The Balaban J connectivity index is 0.00000201. The van der Waals surface area contributed by atoms with Crippen molar-refractivity contribution in [1.82, 2.24) is 15.5 Å². The van der Waals surface area contributed by atoms with Crippen molar-refractivity contribution in [2.45, 2.75) is 85.1 Å². The number of rotatable bonds is 10. The predicted octanol–water partition coefficient (Wildman–Crippen LogP) is 4.23. The Morgan fingerprint density at radius 1 is 0.927 bits per heavy atom. The molecule has 0 fully saturated rings. The Labute approximate surface area is 240 Å². The van der Waals surface area contributed by atoms with Crippen LogP contribution < -0.4 is 10.6 Å². The maximum Gasteiger partial charge on any atom is 0.490 e. The number of hydrogen-bond donors (Lipinski definition) is 4. The van der Waals surface area contributed by atoms with Crippen LogP contribution in [0.3, 0.4) is 0 Å². The van der Waals surface area contributed by atoms with Crippen LogP contribution in [0.2, 0.25) is 0 Å². The van der Waals surface area contributed by atoms with Crippen molar-refractivity contribution >= 4 is 23.8 Å². The van der Waals surface area contributed by atoms with Crippen LogP contribution in [0.5, 0.6) is 0 Å². The van der Waals surface area contributed by atoms with E-state index in [-0.39, 0.29) is 23.3 Å². The lowest BCUT2D eigenvalue weighted by molar-refractivity contribution is -0.192. The SMILES string of the molecule is CN[C@H](C(=O)N[C@H](C(=O)N(C)[C@H](C=C(C)C(=O)O)C(C)C)C(C)(C)C)C(C)(C)c1ccccc1.O=C(O)C(F)(F)F. The summed E-state index contributed by atoms with van der Waals surface area (Å²) in [5.74, 6) is -4.32. The molecule has 12 heteroatoms. The lowest BCUT2D eigenvalue weighted by atomic mass is 9.76. The number of alkyl halides is 3. The fourth-order valence-corrected chi connectivity index (χ4v) is 4.16. The van der Waals surface area contributed by atoms with Crippen LogP contribution in [0.1, 0.15) is 61.0 Å². The molecule has 0 aliphatic heterocycles. The van der Waals surface area contributed by atoms with E-state index in [0.29, 0.717) is 0 Å². The second kappa shape index (κ2) is 15.0. The molecule has 4 N–H and O–H groups in total. The van der Waals surface area contributed by atoms with Gasteiger partial charge in [0.2, 0.25) is 11.8 Å². The van der Waals surface area contributed by atoms with Crippen LogP contribution in [-0.2, 0) is 24.6 Å². The van der Waals surface area contributed by atoms with E-state index in [1.165, 1.54) is 6.92 Å².